The summed E-state index contributed by atoms with van der Waals surface area (Å²) in [6.07, 6.45) is 0.686. The molecule has 0 saturated carbocycles. The van der Waals surface area contributed by atoms with Crippen LogP contribution in [0.15, 0.2) is 20.0 Å². The van der Waals surface area contributed by atoms with Crippen molar-refractivity contribution < 1.29 is 22.7 Å². The Morgan fingerprint density at radius 1 is 1.55 bits per heavy atom. The van der Waals surface area contributed by atoms with Gasteiger partial charge in [0.25, 0.3) is 0 Å². The fourth-order valence-corrected chi connectivity index (χ4v) is 4.39. The SMILES string of the molecule is CCC(C)N(CCOC)S(=O)(=O)c1cc(CO)oc1Br. The molecule has 0 aromatic carbocycles. The van der Waals surface area contributed by atoms with Crippen LogP contribution in [0.2, 0.25) is 0 Å². The largest absolute Gasteiger partial charge is 0.450 e. The number of ether oxygens (including phenoxy) is 1. The second kappa shape index (κ2) is 7.56. The third kappa shape index (κ3) is 3.82. The number of rotatable bonds is 8. The summed E-state index contributed by atoms with van der Waals surface area (Å²) >= 11 is 3.09. The van der Waals surface area contributed by atoms with Crippen LogP contribution < -0.4 is 0 Å². The Morgan fingerprint density at radius 2 is 2.20 bits per heavy atom. The van der Waals surface area contributed by atoms with Gasteiger partial charge < -0.3 is 14.3 Å². The topological polar surface area (TPSA) is 80.0 Å². The smallest absolute Gasteiger partial charge is 0.247 e. The van der Waals surface area contributed by atoms with E-state index in [1.54, 1.807) is 0 Å². The highest BCUT2D eigenvalue weighted by atomic mass is 79.9. The van der Waals surface area contributed by atoms with Crippen molar-refractivity contribution in [2.45, 2.75) is 37.8 Å². The minimum Gasteiger partial charge on any atom is -0.450 e. The standard InChI is InChI=1S/C12H20BrNO5S/c1-4-9(2)14(5-6-18-3)20(16,17)11-7-10(8-15)19-12(11)13/h7,9,15H,4-6,8H2,1-3H3. The first-order valence-corrected chi connectivity index (χ1v) is 8.51. The summed E-state index contributed by atoms with van der Waals surface area (Å²) in [5, 5.41) is 9.03. The quantitative estimate of drug-likeness (QED) is 0.757. The van der Waals surface area contributed by atoms with Crippen LogP contribution in [0.1, 0.15) is 26.0 Å². The summed E-state index contributed by atoms with van der Waals surface area (Å²) in [5.41, 5.74) is 0. The third-order valence-electron chi connectivity index (χ3n) is 3.05. The van der Waals surface area contributed by atoms with Crippen molar-refractivity contribution in [2.24, 2.45) is 0 Å². The van der Waals surface area contributed by atoms with Crippen molar-refractivity contribution in [1.82, 2.24) is 4.31 Å². The first kappa shape index (κ1) is 17.6. The van der Waals surface area contributed by atoms with Crippen LogP contribution in [-0.4, -0.2) is 44.1 Å². The summed E-state index contributed by atoms with van der Waals surface area (Å²) < 4.78 is 37.0. The zero-order valence-corrected chi connectivity index (χ0v) is 14.2. The summed E-state index contributed by atoms with van der Waals surface area (Å²) in [7, 11) is -2.18. The van der Waals surface area contributed by atoms with Crippen molar-refractivity contribution in [3.63, 3.8) is 0 Å². The van der Waals surface area contributed by atoms with Gasteiger partial charge in [-0.3, -0.25) is 0 Å². The van der Waals surface area contributed by atoms with Gasteiger partial charge in [0.1, 0.15) is 17.3 Å². The Morgan fingerprint density at radius 3 is 2.65 bits per heavy atom. The van der Waals surface area contributed by atoms with E-state index in [9.17, 15) is 8.42 Å². The lowest BCUT2D eigenvalue weighted by Gasteiger charge is -2.26. The Bertz CT molecular complexity index is 528. The highest BCUT2D eigenvalue weighted by Crippen LogP contribution is 2.30. The molecule has 0 amide bonds. The molecule has 6 nitrogen and oxygen atoms in total. The van der Waals surface area contributed by atoms with Crippen LogP contribution in [-0.2, 0) is 21.4 Å². The molecule has 0 aliphatic rings. The second-order valence-corrected chi connectivity index (χ2v) is 6.95. The molecule has 116 valence electrons. The van der Waals surface area contributed by atoms with Gasteiger partial charge in [-0.1, -0.05) is 6.92 Å². The predicted octanol–water partition coefficient (Wildman–Crippen LogP) is 1.97. The first-order valence-electron chi connectivity index (χ1n) is 6.28. The number of aliphatic hydroxyl groups excluding tert-OH is 1. The normalized spacial score (nSPS) is 13.9. The van der Waals surface area contributed by atoms with Crippen LogP contribution in [0, 0.1) is 0 Å². The summed E-state index contributed by atoms with van der Waals surface area (Å²) in [6, 6.07) is 1.18. The van der Waals surface area contributed by atoms with Crippen LogP contribution in [0.4, 0.5) is 0 Å². The zero-order valence-electron chi connectivity index (χ0n) is 11.8. The minimum absolute atomic E-state index is 0.0259. The van der Waals surface area contributed by atoms with Crippen molar-refractivity contribution >= 4 is 26.0 Å². The summed E-state index contributed by atoms with van der Waals surface area (Å²) in [5.74, 6) is 0.200. The average molecular weight is 370 g/mol. The van der Waals surface area contributed by atoms with Gasteiger partial charge in [-0.25, -0.2) is 8.42 Å². The van der Waals surface area contributed by atoms with Gasteiger partial charge in [0.2, 0.25) is 10.0 Å². The fourth-order valence-electron chi connectivity index (χ4n) is 1.74. The Hall–Kier alpha value is -0.410. The van der Waals surface area contributed by atoms with Gasteiger partial charge in [0.05, 0.1) is 6.61 Å². The number of hydrogen-bond acceptors (Lipinski definition) is 5. The van der Waals surface area contributed by atoms with Crippen molar-refractivity contribution in [1.29, 1.82) is 0 Å². The molecule has 0 bridgehead atoms. The third-order valence-corrected chi connectivity index (χ3v) is 5.92. The molecular weight excluding hydrogens is 350 g/mol. The number of nitrogens with zero attached hydrogens (tertiary/aromatic N) is 1. The molecule has 1 aromatic rings. The lowest BCUT2D eigenvalue weighted by Crippen LogP contribution is -2.40. The van der Waals surface area contributed by atoms with Gasteiger partial charge in [-0.2, -0.15) is 4.31 Å². The van der Waals surface area contributed by atoms with Crippen LogP contribution >= 0.6 is 15.9 Å². The van der Waals surface area contributed by atoms with Gasteiger partial charge in [-0.15, -0.1) is 0 Å². The molecule has 1 unspecified atom stereocenters. The van der Waals surface area contributed by atoms with Crippen LogP contribution in [0.3, 0.4) is 0 Å². The van der Waals surface area contributed by atoms with Crippen molar-refractivity contribution in [3.8, 4) is 0 Å². The molecule has 1 rings (SSSR count). The predicted molar refractivity (Wildman–Crippen MR) is 77.9 cm³/mol. The molecule has 0 spiro atoms. The van der Waals surface area contributed by atoms with E-state index in [2.05, 4.69) is 15.9 Å². The number of hydrogen-bond donors (Lipinski definition) is 1. The summed E-state index contributed by atoms with van der Waals surface area (Å²) in [6.45, 7) is 3.99. The van der Waals surface area contributed by atoms with E-state index >= 15 is 0 Å². The highest BCUT2D eigenvalue weighted by molar-refractivity contribution is 9.10. The zero-order chi connectivity index (χ0) is 15.3. The summed E-state index contributed by atoms with van der Waals surface area (Å²) in [4.78, 5) is 0.0259. The number of furan rings is 1. The van der Waals surface area contributed by atoms with E-state index in [1.165, 1.54) is 17.5 Å². The number of halogens is 1. The maximum atomic E-state index is 12.7. The lowest BCUT2D eigenvalue weighted by molar-refractivity contribution is 0.167. The van der Waals surface area contributed by atoms with Crippen LogP contribution in [0.5, 0.6) is 0 Å². The molecule has 0 aliphatic heterocycles. The molecular formula is C12H20BrNO5S. The Labute approximate surface area is 127 Å². The van der Waals surface area contributed by atoms with E-state index in [-0.39, 0.29) is 34.5 Å². The van der Waals surface area contributed by atoms with E-state index < -0.39 is 10.0 Å². The number of aliphatic hydroxyl groups is 1. The molecule has 20 heavy (non-hydrogen) atoms. The fraction of sp³-hybridized carbons (Fsp3) is 0.667. The second-order valence-electron chi connectivity index (χ2n) is 4.37. The molecule has 0 saturated heterocycles. The Balaban J connectivity index is 3.17. The maximum absolute atomic E-state index is 12.7. The van der Waals surface area contributed by atoms with Crippen molar-refractivity contribution in [2.75, 3.05) is 20.3 Å². The molecule has 0 fully saturated rings. The van der Waals surface area contributed by atoms with E-state index in [0.29, 0.717) is 13.0 Å². The molecule has 1 N–H and O–H groups in total. The van der Waals surface area contributed by atoms with E-state index in [4.69, 9.17) is 14.3 Å². The molecule has 1 atom stereocenters. The van der Waals surface area contributed by atoms with Gasteiger partial charge in [0.15, 0.2) is 4.67 Å². The van der Waals surface area contributed by atoms with E-state index in [0.717, 1.165) is 0 Å². The monoisotopic (exact) mass is 369 g/mol. The molecule has 1 heterocycles. The van der Waals surface area contributed by atoms with Gasteiger partial charge in [-0.05, 0) is 29.3 Å². The maximum Gasteiger partial charge on any atom is 0.247 e. The van der Waals surface area contributed by atoms with Gasteiger partial charge >= 0.3 is 0 Å². The lowest BCUT2D eigenvalue weighted by atomic mass is 10.3. The van der Waals surface area contributed by atoms with Gasteiger partial charge in [0, 0.05) is 25.8 Å². The number of sulfonamides is 1. The minimum atomic E-state index is -3.70. The average Bonchev–Trinajstić information content (AvgIpc) is 2.80. The first-order chi connectivity index (χ1) is 9.38. The highest BCUT2D eigenvalue weighted by Gasteiger charge is 2.32. The number of methoxy groups -OCH3 is 1. The molecule has 1 aromatic heterocycles. The van der Waals surface area contributed by atoms with Crippen LogP contribution in [0.25, 0.3) is 0 Å². The van der Waals surface area contributed by atoms with E-state index in [1.807, 2.05) is 13.8 Å². The van der Waals surface area contributed by atoms with Crippen molar-refractivity contribution in [3.05, 3.63) is 16.5 Å². The molecule has 0 radical (unpaired) electrons. The molecule has 8 heteroatoms. The Kier molecular flexibility index (Phi) is 6.67. The molecule has 0 aliphatic carbocycles.